The number of nitrogens with one attached hydrogen (secondary N) is 1. The molecule has 126 valence electrons. The molecule has 1 unspecified atom stereocenters. The average Bonchev–Trinajstić information content (AvgIpc) is 3.14. The van der Waals surface area contributed by atoms with Crippen LogP contribution in [0.4, 0.5) is 9.18 Å². The highest BCUT2D eigenvalue weighted by Crippen LogP contribution is 2.27. The number of aromatic nitrogens is 3. The number of imide groups is 1. The summed E-state index contributed by atoms with van der Waals surface area (Å²) < 4.78 is 15.5. The molecular formula is C15H16FN5O2S. The SMILES string of the molecule is CC(Sc1nnc(-c2ccccc2F)n1C)C(=O)N1CCNC1=O. The van der Waals surface area contributed by atoms with Crippen molar-refractivity contribution >= 4 is 23.7 Å². The van der Waals surface area contributed by atoms with Gasteiger partial charge in [-0.25, -0.2) is 9.18 Å². The maximum absolute atomic E-state index is 13.9. The first-order valence-corrected chi connectivity index (χ1v) is 8.27. The van der Waals surface area contributed by atoms with Gasteiger partial charge in [-0.1, -0.05) is 23.9 Å². The Balaban J connectivity index is 1.78. The lowest BCUT2D eigenvalue weighted by Gasteiger charge is -2.16. The van der Waals surface area contributed by atoms with Gasteiger partial charge in [0.2, 0.25) is 5.91 Å². The van der Waals surface area contributed by atoms with Crippen LogP contribution in [-0.2, 0) is 11.8 Å². The molecule has 1 aromatic carbocycles. The van der Waals surface area contributed by atoms with Gasteiger partial charge < -0.3 is 9.88 Å². The predicted molar refractivity (Wildman–Crippen MR) is 86.8 cm³/mol. The molecule has 7 nitrogen and oxygen atoms in total. The van der Waals surface area contributed by atoms with Gasteiger partial charge in [0.15, 0.2) is 11.0 Å². The highest BCUT2D eigenvalue weighted by Gasteiger charge is 2.31. The molecule has 3 amide bonds. The average molecular weight is 349 g/mol. The van der Waals surface area contributed by atoms with E-state index in [-0.39, 0.29) is 17.8 Å². The molecule has 3 rings (SSSR count). The summed E-state index contributed by atoms with van der Waals surface area (Å²) >= 11 is 1.18. The smallest absolute Gasteiger partial charge is 0.324 e. The first-order chi connectivity index (χ1) is 11.5. The Hall–Kier alpha value is -2.42. The maximum atomic E-state index is 13.9. The maximum Gasteiger partial charge on any atom is 0.324 e. The van der Waals surface area contributed by atoms with Gasteiger partial charge in [-0.15, -0.1) is 10.2 Å². The second kappa shape index (κ2) is 6.60. The monoisotopic (exact) mass is 349 g/mol. The number of carbonyl (C=O) groups is 2. The molecular weight excluding hydrogens is 333 g/mol. The Kier molecular flexibility index (Phi) is 4.52. The van der Waals surface area contributed by atoms with Crippen LogP contribution in [0.5, 0.6) is 0 Å². The van der Waals surface area contributed by atoms with Gasteiger partial charge in [-0.05, 0) is 19.1 Å². The fourth-order valence-corrected chi connectivity index (χ4v) is 3.28. The quantitative estimate of drug-likeness (QED) is 0.849. The summed E-state index contributed by atoms with van der Waals surface area (Å²) in [6.07, 6.45) is 0. The molecule has 2 aromatic rings. The summed E-state index contributed by atoms with van der Waals surface area (Å²) in [4.78, 5) is 25.1. The number of benzene rings is 1. The van der Waals surface area contributed by atoms with Crippen molar-refractivity contribution in [3.05, 3.63) is 30.1 Å². The number of hydrogen-bond acceptors (Lipinski definition) is 5. The van der Waals surface area contributed by atoms with Crippen molar-refractivity contribution in [2.45, 2.75) is 17.3 Å². The molecule has 1 N–H and O–H groups in total. The number of urea groups is 1. The van der Waals surface area contributed by atoms with E-state index in [0.29, 0.717) is 29.6 Å². The fraction of sp³-hybridized carbons (Fsp3) is 0.333. The molecule has 1 aliphatic rings. The van der Waals surface area contributed by atoms with E-state index in [9.17, 15) is 14.0 Å². The lowest BCUT2D eigenvalue weighted by molar-refractivity contribution is -0.126. The van der Waals surface area contributed by atoms with Crippen molar-refractivity contribution < 1.29 is 14.0 Å². The minimum atomic E-state index is -0.509. The van der Waals surface area contributed by atoms with Gasteiger partial charge in [-0.3, -0.25) is 9.69 Å². The van der Waals surface area contributed by atoms with Crippen molar-refractivity contribution in [1.29, 1.82) is 0 Å². The van der Waals surface area contributed by atoms with Crippen LogP contribution in [0.1, 0.15) is 6.92 Å². The number of nitrogens with zero attached hydrogens (tertiary/aromatic N) is 4. The van der Waals surface area contributed by atoms with Gasteiger partial charge in [0.25, 0.3) is 0 Å². The topological polar surface area (TPSA) is 80.1 Å². The summed E-state index contributed by atoms with van der Waals surface area (Å²) in [5.74, 6) is -0.290. The Bertz CT molecular complexity index is 794. The molecule has 0 saturated carbocycles. The van der Waals surface area contributed by atoms with Gasteiger partial charge >= 0.3 is 6.03 Å². The standard InChI is InChI=1S/C15H16FN5O2S/c1-9(13(22)21-8-7-17-14(21)23)24-15-19-18-12(20(15)2)10-5-3-4-6-11(10)16/h3-6,9H,7-8H2,1-2H3,(H,17,23). The molecule has 1 atom stereocenters. The normalized spacial score (nSPS) is 15.5. The summed E-state index contributed by atoms with van der Waals surface area (Å²) in [7, 11) is 1.71. The van der Waals surface area contributed by atoms with E-state index < -0.39 is 5.25 Å². The molecule has 1 aromatic heterocycles. The second-order valence-electron chi connectivity index (χ2n) is 5.33. The third kappa shape index (κ3) is 2.99. The number of hydrogen-bond donors (Lipinski definition) is 1. The van der Waals surface area contributed by atoms with E-state index in [1.54, 1.807) is 36.7 Å². The van der Waals surface area contributed by atoms with Crippen molar-refractivity contribution in [2.75, 3.05) is 13.1 Å². The summed E-state index contributed by atoms with van der Waals surface area (Å²) in [6.45, 7) is 2.53. The van der Waals surface area contributed by atoms with Crippen molar-refractivity contribution in [2.24, 2.45) is 7.05 Å². The van der Waals surface area contributed by atoms with Crippen LogP contribution in [0.15, 0.2) is 29.4 Å². The molecule has 1 saturated heterocycles. The number of amides is 3. The minimum absolute atomic E-state index is 0.287. The number of carbonyl (C=O) groups excluding carboxylic acids is 2. The van der Waals surface area contributed by atoms with Crippen molar-refractivity contribution in [1.82, 2.24) is 25.0 Å². The van der Waals surface area contributed by atoms with Crippen LogP contribution in [-0.4, -0.2) is 49.9 Å². The molecule has 2 heterocycles. The van der Waals surface area contributed by atoms with Crippen LogP contribution < -0.4 is 5.32 Å². The summed E-state index contributed by atoms with van der Waals surface area (Å²) in [5.41, 5.74) is 0.345. The Morgan fingerprint density at radius 1 is 1.38 bits per heavy atom. The molecule has 0 radical (unpaired) electrons. The van der Waals surface area contributed by atoms with Gasteiger partial charge in [-0.2, -0.15) is 0 Å². The molecule has 24 heavy (non-hydrogen) atoms. The zero-order valence-corrected chi connectivity index (χ0v) is 14.0. The Morgan fingerprint density at radius 2 is 2.12 bits per heavy atom. The van der Waals surface area contributed by atoms with Crippen LogP contribution in [0, 0.1) is 5.82 Å². The highest BCUT2D eigenvalue weighted by molar-refractivity contribution is 8.00. The van der Waals surface area contributed by atoms with Crippen molar-refractivity contribution in [3.8, 4) is 11.4 Å². The van der Waals surface area contributed by atoms with E-state index in [0.717, 1.165) is 0 Å². The van der Waals surface area contributed by atoms with Gasteiger partial charge in [0.05, 0.1) is 10.8 Å². The highest BCUT2D eigenvalue weighted by atomic mass is 32.2. The van der Waals surface area contributed by atoms with E-state index >= 15 is 0 Å². The molecule has 0 aliphatic carbocycles. The largest absolute Gasteiger partial charge is 0.336 e. The van der Waals surface area contributed by atoms with Crippen LogP contribution in [0.25, 0.3) is 11.4 Å². The van der Waals surface area contributed by atoms with Crippen molar-refractivity contribution in [3.63, 3.8) is 0 Å². The lowest BCUT2D eigenvalue weighted by atomic mass is 10.2. The lowest BCUT2D eigenvalue weighted by Crippen LogP contribution is -2.39. The Morgan fingerprint density at radius 3 is 2.79 bits per heavy atom. The Labute approximate surface area is 142 Å². The summed E-state index contributed by atoms with van der Waals surface area (Å²) in [5, 5.41) is 10.6. The minimum Gasteiger partial charge on any atom is -0.336 e. The van der Waals surface area contributed by atoms with Gasteiger partial charge in [0, 0.05) is 20.1 Å². The molecule has 9 heteroatoms. The first kappa shape index (κ1) is 16.4. The molecule has 1 aliphatic heterocycles. The second-order valence-corrected chi connectivity index (χ2v) is 6.63. The van der Waals surface area contributed by atoms with Crippen LogP contribution in [0.3, 0.4) is 0 Å². The predicted octanol–water partition coefficient (Wildman–Crippen LogP) is 1.65. The molecule has 0 bridgehead atoms. The van der Waals surface area contributed by atoms with Crippen LogP contribution >= 0.6 is 11.8 Å². The van der Waals surface area contributed by atoms with E-state index in [1.807, 2.05) is 0 Å². The van der Waals surface area contributed by atoms with Crippen LogP contribution in [0.2, 0.25) is 0 Å². The van der Waals surface area contributed by atoms with Gasteiger partial charge in [0.1, 0.15) is 5.82 Å². The zero-order valence-electron chi connectivity index (χ0n) is 13.2. The zero-order chi connectivity index (χ0) is 17.3. The molecule has 0 spiro atoms. The summed E-state index contributed by atoms with van der Waals surface area (Å²) in [6, 6.07) is 5.92. The first-order valence-electron chi connectivity index (χ1n) is 7.39. The number of rotatable bonds is 4. The third-order valence-electron chi connectivity index (χ3n) is 3.70. The van der Waals surface area contributed by atoms with E-state index in [4.69, 9.17) is 0 Å². The number of halogens is 1. The third-order valence-corrected chi connectivity index (χ3v) is 4.82. The number of thioether (sulfide) groups is 1. The molecule has 1 fully saturated rings. The van der Waals surface area contributed by atoms with E-state index in [2.05, 4.69) is 15.5 Å². The van der Waals surface area contributed by atoms with E-state index in [1.165, 1.54) is 22.7 Å². The fourth-order valence-electron chi connectivity index (χ4n) is 2.40.